The third-order valence-electron chi connectivity index (χ3n) is 3.65. The summed E-state index contributed by atoms with van der Waals surface area (Å²) in [5.41, 5.74) is 4.86. The molecule has 0 radical (unpaired) electrons. The topological polar surface area (TPSA) is 36.0 Å². The summed E-state index contributed by atoms with van der Waals surface area (Å²) in [6.07, 6.45) is 3.98. The molecule has 1 aromatic carbocycles. The van der Waals surface area contributed by atoms with Gasteiger partial charge in [-0.15, -0.1) is 0 Å². The number of aromatic amines is 1. The number of hydrogen-bond donors (Lipinski definition) is 2. The first-order valence-electron chi connectivity index (χ1n) is 6.05. The van der Waals surface area contributed by atoms with Gasteiger partial charge < -0.3 is 10.1 Å². The number of rotatable bonds is 0. The third-order valence-corrected chi connectivity index (χ3v) is 3.65. The van der Waals surface area contributed by atoms with Crippen molar-refractivity contribution in [2.24, 2.45) is 0 Å². The first-order chi connectivity index (χ1) is 7.77. The Balaban J connectivity index is 2.30. The van der Waals surface area contributed by atoms with Gasteiger partial charge in [-0.2, -0.15) is 0 Å². The van der Waals surface area contributed by atoms with Crippen LogP contribution in [0.15, 0.2) is 18.2 Å². The molecule has 2 nitrogen and oxygen atoms in total. The molecule has 0 amide bonds. The Morgan fingerprint density at radius 3 is 3.06 bits per heavy atom. The number of nitrogens with one attached hydrogen (secondary N) is 1. The van der Waals surface area contributed by atoms with E-state index in [9.17, 15) is 5.11 Å². The zero-order valence-electron chi connectivity index (χ0n) is 9.59. The van der Waals surface area contributed by atoms with Crippen molar-refractivity contribution in [1.29, 1.82) is 0 Å². The maximum Gasteiger partial charge on any atom is 0.0813 e. The van der Waals surface area contributed by atoms with Crippen LogP contribution in [-0.4, -0.2) is 10.1 Å². The van der Waals surface area contributed by atoms with E-state index in [-0.39, 0.29) is 6.10 Å². The zero-order chi connectivity index (χ0) is 11.1. The monoisotopic (exact) mass is 215 g/mol. The summed E-state index contributed by atoms with van der Waals surface area (Å²) in [5, 5.41) is 11.4. The van der Waals surface area contributed by atoms with Crippen molar-refractivity contribution in [1.82, 2.24) is 4.98 Å². The van der Waals surface area contributed by atoms with Crippen molar-refractivity contribution in [2.45, 2.75) is 38.7 Å². The molecular formula is C14H17NO. The van der Waals surface area contributed by atoms with E-state index < -0.39 is 0 Å². The summed E-state index contributed by atoms with van der Waals surface area (Å²) < 4.78 is 0. The van der Waals surface area contributed by atoms with E-state index in [1.165, 1.54) is 28.6 Å². The van der Waals surface area contributed by atoms with E-state index in [2.05, 4.69) is 30.1 Å². The van der Waals surface area contributed by atoms with Gasteiger partial charge in [0.15, 0.2) is 0 Å². The largest absolute Gasteiger partial charge is 0.388 e. The second kappa shape index (κ2) is 3.63. The summed E-state index contributed by atoms with van der Waals surface area (Å²) >= 11 is 0. The Hall–Kier alpha value is -1.28. The lowest BCUT2D eigenvalue weighted by atomic mass is 10.0. The summed E-state index contributed by atoms with van der Waals surface area (Å²) in [4.78, 5) is 3.49. The highest BCUT2D eigenvalue weighted by molar-refractivity contribution is 5.87. The van der Waals surface area contributed by atoms with Crippen LogP contribution in [0, 0.1) is 6.92 Å². The molecule has 0 bridgehead atoms. The van der Waals surface area contributed by atoms with Crippen LogP contribution in [0.2, 0.25) is 0 Å². The van der Waals surface area contributed by atoms with Gasteiger partial charge in [0.1, 0.15) is 0 Å². The first kappa shape index (κ1) is 9.91. The van der Waals surface area contributed by atoms with Crippen molar-refractivity contribution in [3.63, 3.8) is 0 Å². The fourth-order valence-corrected chi connectivity index (χ4v) is 2.80. The van der Waals surface area contributed by atoms with Gasteiger partial charge in [-0.1, -0.05) is 24.6 Å². The number of hydrogen-bond acceptors (Lipinski definition) is 1. The Morgan fingerprint density at radius 2 is 2.19 bits per heavy atom. The van der Waals surface area contributed by atoms with Gasteiger partial charge in [0, 0.05) is 22.2 Å². The smallest absolute Gasteiger partial charge is 0.0813 e. The SMILES string of the molecule is Cc1cccc2c3c([nH]c12)CCCCC3O. The molecule has 2 aromatic rings. The maximum atomic E-state index is 10.2. The lowest BCUT2D eigenvalue weighted by Crippen LogP contribution is -1.96. The van der Waals surface area contributed by atoms with Gasteiger partial charge in [-0.3, -0.25) is 0 Å². The van der Waals surface area contributed by atoms with E-state index in [1.807, 2.05) is 0 Å². The van der Waals surface area contributed by atoms with E-state index in [4.69, 9.17) is 0 Å². The summed E-state index contributed by atoms with van der Waals surface area (Å²) in [6.45, 7) is 2.12. The van der Waals surface area contributed by atoms with Crippen LogP contribution in [0.1, 0.15) is 42.2 Å². The van der Waals surface area contributed by atoms with Crippen LogP contribution in [-0.2, 0) is 6.42 Å². The van der Waals surface area contributed by atoms with Crippen LogP contribution in [0.25, 0.3) is 10.9 Å². The van der Waals surface area contributed by atoms with Crippen molar-refractivity contribution in [3.8, 4) is 0 Å². The molecule has 1 atom stereocenters. The van der Waals surface area contributed by atoms with Crippen LogP contribution in [0.5, 0.6) is 0 Å². The van der Waals surface area contributed by atoms with Crippen LogP contribution >= 0.6 is 0 Å². The minimum atomic E-state index is -0.284. The molecule has 2 heteroatoms. The van der Waals surface area contributed by atoms with Gasteiger partial charge in [0.2, 0.25) is 0 Å². The molecule has 3 rings (SSSR count). The zero-order valence-corrected chi connectivity index (χ0v) is 9.59. The summed E-state index contributed by atoms with van der Waals surface area (Å²) in [7, 11) is 0. The van der Waals surface area contributed by atoms with Gasteiger partial charge in [0.05, 0.1) is 6.10 Å². The molecule has 0 saturated carbocycles. The fourth-order valence-electron chi connectivity index (χ4n) is 2.80. The van der Waals surface area contributed by atoms with Crippen LogP contribution in [0.4, 0.5) is 0 Å². The van der Waals surface area contributed by atoms with Crippen molar-refractivity contribution >= 4 is 10.9 Å². The summed E-state index contributed by atoms with van der Waals surface area (Å²) in [5.74, 6) is 0. The Morgan fingerprint density at radius 1 is 1.31 bits per heavy atom. The standard InChI is InChI=1S/C14H17NO/c1-9-5-4-6-10-13-11(15-14(9)10)7-2-3-8-12(13)16/h4-6,12,15-16H,2-3,7-8H2,1H3. The minimum Gasteiger partial charge on any atom is -0.388 e. The van der Waals surface area contributed by atoms with E-state index >= 15 is 0 Å². The number of aromatic nitrogens is 1. The molecule has 1 heterocycles. The lowest BCUT2D eigenvalue weighted by molar-refractivity contribution is 0.168. The molecule has 0 fully saturated rings. The highest BCUT2D eigenvalue weighted by Gasteiger charge is 2.21. The highest BCUT2D eigenvalue weighted by atomic mass is 16.3. The number of fused-ring (bicyclic) bond motifs is 3. The molecule has 1 unspecified atom stereocenters. The van der Waals surface area contributed by atoms with Gasteiger partial charge >= 0.3 is 0 Å². The number of benzene rings is 1. The second-order valence-electron chi connectivity index (χ2n) is 4.78. The van der Waals surface area contributed by atoms with Gasteiger partial charge in [-0.25, -0.2) is 0 Å². The molecule has 0 saturated heterocycles. The molecule has 16 heavy (non-hydrogen) atoms. The van der Waals surface area contributed by atoms with E-state index in [0.29, 0.717) is 0 Å². The highest BCUT2D eigenvalue weighted by Crippen LogP contribution is 2.35. The quantitative estimate of drug-likeness (QED) is 0.650. The Bertz CT molecular complexity index is 527. The number of aliphatic hydroxyl groups is 1. The van der Waals surface area contributed by atoms with Crippen molar-refractivity contribution < 1.29 is 5.11 Å². The summed E-state index contributed by atoms with van der Waals surface area (Å²) in [6, 6.07) is 6.31. The average Bonchev–Trinajstić information content (AvgIpc) is 2.55. The maximum absolute atomic E-state index is 10.2. The molecule has 1 aliphatic carbocycles. The lowest BCUT2D eigenvalue weighted by Gasteiger charge is -2.07. The Labute approximate surface area is 95.3 Å². The van der Waals surface area contributed by atoms with Crippen molar-refractivity contribution in [3.05, 3.63) is 35.0 Å². The van der Waals surface area contributed by atoms with E-state index in [0.717, 1.165) is 24.8 Å². The Kier molecular flexibility index (Phi) is 2.25. The predicted octanol–water partition coefficient (Wildman–Crippen LogP) is 3.24. The molecule has 2 N–H and O–H groups in total. The second-order valence-corrected chi connectivity index (χ2v) is 4.78. The number of H-pyrrole nitrogens is 1. The molecule has 1 aromatic heterocycles. The van der Waals surface area contributed by atoms with Crippen LogP contribution < -0.4 is 0 Å². The van der Waals surface area contributed by atoms with Crippen LogP contribution in [0.3, 0.4) is 0 Å². The number of aliphatic hydroxyl groups excluding tert-OH is 1. The first-order valence-corrected chi connectivity index (χ1v) is 6.05. The average molecular weight is 215 g/mol. The molecule has 1 aliphatic rings. The minimum absolute atomic E-state index is 0.284. The third kappa shape index (κ3) is 1.37. The number of para-hydroxylation sites is 1. The molecule has 0 aliphatic heterocycles. The van der Waals surface area contributed by atoms with Gasteiger partial charge in [0.25, 0.3) is 0 Å². The molecule has 84 valence electrons. The number of aryl methyl sites for hydroxylation is 2. The van der Waals surface area contributed by atoms with Crippen molar-refractivity contribution in [2.75, 3.05) is 0 Å². The normalized spacial score (nSPS) is 20.8. The molecule has 0 spiro atoms. The molecular weight excluding hydrogens is 198 g/mol. The van der Waals surface area contributed by atoms with E-state index in [1.54, 1.807) is 0 Å². The van der Waals surface area contributed by atoms with Gasteiger partial charge in [-0.05, 0) is 31.7 Å². The fraction of sp³-hybridized carbons (Fsp3) is 0.429. The predicted molar refractivity (Wildman–Crippen MR) is 65.6 cm³/mol.